The normalized spacial score (nSPS) is 17.7. The number of fused-ring (bicyclic) bond motifs is 1. The van der Waals surface area contributed by atoms with Gasteiger partial charge in [0, 0.05) is 45.1 Å². The number of carbonyl (C=O) groups excluding carboxylic acids is 1. The van der Waals surface area contributed by atoms with Crippen molar-refractivity contribution in [2.24, 2.45) is 0 Å². The van der Waals surface area contributed by atoms with E-state index in [1.165, 1.54) is 0 Å². The number of likely N-dealkylation sites (N-methyl/N-ethyl adjacent to an activating group) is 1. The van der Waals surface area contributed by atoms with Crippen LogP contribution in [0.1, 0.15) is 29.1 Å². The van der Waals surface area contributed by atoms with Crippen LogP contribution in [0.2, 0.25) is 5.02 Å². The third-order valence-electron chi connectivity index (χ3n) is 6.77. The Labute approximate surface area is 215 Å². The van der Waals surface area contributed by atoms with Crippen LogP contribution in [0.3, 0.4) is 0 Å². The van der Waals surface area contributed by atoms with Gasteiger partial charge < -0.3 is 20.2 Å². The maximum absolute atomic E-state index is 13.2. The van der Waals surface area contributed by atoms with E-state index in [1.54, 1.807) is 17.2 Å². The molecule has 5 rings (SSSR count). The first-order chi connectivity index (χ1) is 17.4. The average molecular weight is 508 g/mol. The molecule has 2 N–H and O–H groups in total. The molecular formula is C26H30ClN7O2. The van der Waals surface area contributed by atoms with Crippen LogP contribution in [-0.4, -0.2) is 77.2 Å². The van der Waals surface area contributed by atoms with Gasteiger partial charge in [0.1, 0.15) is 17.6 Å². The van der Waals surface area contributed by atoms with E-state index in [-0.39, 0.29) is 5.91 Å². The summed E-state index contributed by atoms with van der Waals surface area (Å²) < 4.78 is 0. The Kier molecular flexibility index (Phi) is 7.06. The van der Waals surface area contributed by atoms with Gasteiger partial charge in [-0.15, -0.1) is 0 Å². The number of nitrogens with one attached hydrogen (secondary N) is 1. The van der Waals surface area contributed by atoms with Crippen LogP contribution in [0.4, 0.5) is 23.1 Å². The number of nitrogens with zero attached hydrogens (tertiary/aromatic N) is 6. The van der Waals surface area contributed by atoms with Crippen molar-refractivity contribution < 1.29 is 9.90 Å². The van der Waals surface area contributed by atoms with E-state index in [4.69, 9.17) is 11.6 Å². The van der Waals surface area contributed by atoms with Gasteiger partial charge in [-0.3, -0.25) is 14.6 Å². The second-order valence-corrected chi connectivity index (χ2v) is 9.45. The number of hydrogen-bond acceptors (Lipinski definition) is 8. The maximum atomic E-state index is 13.2. The molecule has 1 unspecified atom stereocenters. The molecule has 9 nitrogen and oxygen atoms in total. The number of anilines is 4. The molecule has 10 heteroatoms. The lowest BCUT2D eigenvalue weighted by molar-refractivity contribution is -0.0264. The highest BCUT2D eigenvalue weighted by atomic mass is 35.5. The number of amides is 1. The zero-order chi connectivity index (χ0) is 25.2. The van der Waals surface area contributed by atoms with Crippen LogP contribution >= 0.6 is 11.6 Å². The molecule has 3 heterocycles. The molecule has 1 atom stereocenters. The third kappa shape index (κ3) is 4.87. The molecule has 2 aromatic carbocycles. The maximum Gasteiger partial charge on any atom is 0.265 e. The number of para-hydroxylation sites is 1. The lowest BCUT2D eigenvalue weighted by atomic mass is 10.1. The van der Waals surface area contributed by atoms with Crippen molar-refractivity contribution >= 4 is 40.6 Å². The molecule has 0 saturated carbocycles. The lowest BCUT2D eigenvalue weighted by Gasteiger charge is -2.36. The quantitative estimate of drug-likeness (QED) is 0.523. The van der Waals surface area contributed by atoms with Crippen molar-refractivity contribution in [1.29, 1.82) is 0 Å². The van der Waals surface area contributed by atoms with Crippen LogP contribution in [-0.2, 0) is 0 Å². The van der Waals surface area contributed by atoms with Crippen LogP contribution < -0.4 is 15.1 Å². The van der Waals surface area contributed by atoms with Crippen LogP contribution in [0.5, 0.6) is 0 Å². The molecule has 1 fully saturated rings. The largest absolute Gasteiger partial charge is 0.374 e. The monoisotopic (exact) mass is 507 g/mol. The van der Waals surface area contributed by atoms with Crippen LogP contribution in [0, 0.1) is 0 Å². The summed E-state index contributed by atoms with van der Waals surface area (Å²) in [4.78, 5) is 30.1. The molecule has 2 aliphatic heterocycles. The number of aromatic nitrogens is 2. The minimum atomic E-state index is -0.626. The van der Waals surface area contributed by atoms with E-state index in [1.807, 2.05) is 54.4 Å². The highest BCUT2D eigenvalue weighted by molar-refractivity contribution is 6.34. The summed E-state index contributed by atoms with van der Waals surface area (Å²) in [7, 11) is 1.88. The molecule has 3 aromatic rings. The van der Waals surface area contributed by atoms with Crippen molar-refractivity contribution in [2.75, 3.05) is 61.6 Å². The van der Waals surface area contributed by atoms with Crippen molar-refractivity contribution in [3.63, 3.8) is 0 Å². The van der Waals surface area contributed by atoms with Crippen molar-refractivity contribution in [1.82, 2.24) is 19.8 Å². The Hall–Kier alpha value is -3.24. The summed E-state index contributed by atoms with van der Waals surface area (Å²) in [5.74, 6) is 0.753. The lowest BCUT2D eigenvalue weighted by Crippen LogP contribution is -2.47. The molecule has 0 bridgehead atoms. The second-order valence-electron chi connectivity index (χ2n) is 9.05. The fourth-order valence-electron chi connectivity index (χ4n) is 4.62. The minimum absolute atomic E-state index is 0.194. The summed E-state index contributed by atoms with van der Waals surface area (Å²) >= 11 is 6.33. The molecule has 0 radical (unpaired) electrons. The summed E-state index contributed by atoms with van der Waals surface area (Å²) in [6.45, 7) is 7.15. The molecule has 2 aliphatic rings. The van der Waals surface area contributed by atoms with Gasteiger partial charge in [-0.1, -0.05) is 42.8 Å². The van der Waals surface area contributed by atoms with Crippen LogP contribution in [0.25, 0.3) is 0 Å². The highest BCUT2D eigenvalue weighted by Gasteiger charge is 2.31. The van der Waals surface area contributed by atoms with Gasteiger partial charge in [-0.25, -0.2) is 4.98 Å². The van der Waals surface area contributed by atoms with E-state index in [0.717, 1.165) is 44.0 Å². The number of aliphatic hydroxyl groups excluding tert-OH is 1. The Bertz CT molecular complexity index is 1230. The molecule has 188 valence electrons. The fourth-order valence-corrected chi connectivity index (χ4v) is 4.86. The molecule has 36 heavy (non-hydrogen) atoms. The first-order valence-electron chi connectivity index (χ1n) is 12.1. The fraction of sp³-hybridized carbons (Fsp3) is 0.346. The third-order valence-corrected chi connectivity index (χ3v) is 7.09. The number of rotatable bonds is 6. The van der Waals surface area contributed by atoms with Gasteiger partial charge >= 0.3 is 0 Å². The number of piperazine rings is 1. The number of benzene rings is 2. The van der Waals surface area contributed by atoms with E-state index < -0.39 is 6.23 Å². The number of halogens is 1. The van der Waals surface area contributed by atoms with Crippen molar-refractivity contribution in [3.05, 3.63) is 70.9 Å². The first kappa shape index (κ1) is 24.5. The number of aliphatic hydroxyl groups is 1. The number of carbonyl (C=O) groups is 1. The summed E-state index contributed by atoms with van der Waals surface area (Å²) in [6, 6.07) is 14.9. The van der Waals surface area contributed by atoms with Gasteiger partial charge in [-0.05, 0) is 36.4 Å². The zero-order valence-electron chi connectivity index (χ0n) is 20.4. The summed E-state index contributed by atoms with van der Waals surface area (Å²) in [6.07, 6.45) is 0.916. The summed E-state index contributed by atoms with van der Waals surface area (Å²) in [5.41, 5.74) is 2.71. The van der Waals surface area contributed by atoms with E-state index in [0.29, 0.717) is 34.7 Å². The average Bonchev–Trinajstić information content (AvgIpc) is 2.91. The Morgan fingerprint density at radius 2 is 1.81 bits per heavy atom. The smallest absolute Gasteiger partial charge is 0.265 e. The highest BCUT2D eigenvalue weighted by Crippen LogP contribution is 2.32. The Morgan fingerprint density at radius 1 is 1.08 bits per heavy atom. The first-order valence-corrected chi connectivity index (χ1v) is 12.5. The number of hydrogen-bond donors (Lipinski definition) is 2. The second kappa shape index (κ2) is 10.4. The summed E-state index contributed by atoms with van der Waals surface area (Å²) in [5, 5.41) is 14.5. The van der Waals surface area contributed by atoms with Gasteiger partial charge in [0.15, 0.2) is 0 Å². The molecule has 1 aromatic heterocycles. The molecular weight excluding hydrogens is 478 g/mol. The van der Waals surface area contributed by atoms with Crippen molar-refractivity contribution in [3.8, 4) is 0 Å². The van der Waals surface area contributed by atoms with E-state index >= 15 is 0 Å². The molecule has 1 amide bonds. The Balaban J connectivity index is 1.28. The van der Waals surface area contributed by atoms with E-state index in [9.17, 15) is 9.90 Å². The zero-order valence-corrected chi connectivity index (χ0v) is 21.2. The van der Waals surface area contributed by atoms with Gasteiger partial charge in [0.25, 0.3) is 5.91 Å². The molecule has 1 saturated heterocycles. The SMILES string of the molecule is CCN1CCN(C(O)c2ccc(Nc3ncc4c(n3)N(C)CN(c3ccccc3Cl)C4=O)cc2)CC1. The van der Waals surface area contributed by atoms with Crippen LogP contribution in [0.15, 0.2) is 54.7 Å². The van der Waals surface area contributed by atoms with E-state index in [2.05, 4.69) is 32.0 Å². The van der Waals surface area contributed by atoms with Gasteiger partial charge in [-0.2, -0.15) is 4.98 Å². The molecule has 0 aliphatic carbocycles. The Morgan fingerprint density at radius 3 is 2.50 bits per heavy atom. The van der Waals surface area contributed by atoms with Gasteiger partial charge in [0.2, 0.25) is 5.95 Å². The van der Waals surface area contributed by atoms with Gasteiger partial charge in [0.05, 0.1) is 17.4 Å². The predicted molar refractivity (Wildman–Crippen MR) is 142 cm³/mol. The molecule has 0 spiro atoms. The minimum Gasteiger partial charge on any atom is -0.374 e. The van der Waals surface area contributed by atoms with Crippen molar-refractivity contribution in [2.45, 2.75) is 13.2 Å². The topological polar surface area (TPSA) is 88.1 Å². The predicted octanol–water partition coefficient (Wildman–Crippen LogP) is 3.56. The standard InChI is InChI=1S/C26H30ClN7O2/c1-3-32-12-14-33(15-13-32)24(35)18-8-10-19(11-9-18)29-26-28-16-20-23(30-26)31(2)17-34(25(20)36)22-7-5-4-6-21(22)27/h4-11,16,24,35H,3,12-15,17H2,1-2H3,(H,28,29,30).